The molecular formula is C28H33ClFN3O5. The Kier molecular flexibility index (Phi) is 8.45. The standard InChI is InChI=1S/C28H33ClFN3O5/c1-28(2,3)38-27(36)32-14-12-19(13-15-32)25(34)33-16-23(18-4-6-20(29)7-5-18)24(17-33)31-26(35)37-22-10-8-21(30)9-11-22/h4-11,19,23-24H,12-17H2,1-3H3,(H,31,35)/t23-,24+/m1/s1. The molecule has 2 saturated heterocycles. The predicted octanol–water partition coefficient (Wildman–Crippen LogP) is 5.21. The number of piperidine rings is 1. The second kappa shape index (κ2) is 11.6. The summed E-state index contributed by atoms with van der Waals surface area (Å²) in [4.78, 5) is 42.0. The fourth-order valence-electron chi connectivity index (χ4n) is 4.86. The number of hydrogen-bond acceptors (Lipinski definition) is 5. The van der Waals surface area contributed by atoms with Crippen LogP contribution < -0.4 is 10.1 Å². The van der Waals surface area contributed by atoms with E-state index < -0.39 is 23.6 Å². The van der Waals surface area contributed by atoms with Gasteiger partial charge in [0.1, 0.15) is 17.2 Å². The molecule has 0 aliphatic carbocycles. The second-order valence-electron chi connectivity index (χ2n) is 10.7. The molecule has 204 valence electrons. The molecule has 0 radical (unpaired) electrons. The maximum atomic E-state index is 13.5. The van der Waals surface area contributed by atoms with Crippen LogP contribution in [0.5, 0.6) is 5.75 Å². The lowest BCUT2D eigenvalue weighted by Crippen LogP contribution is -2.46. The van der Waals surface area contributed by atoms with E-state index in [-0.39, 0.29) is 29.6 Å². The van der Waals surface area contributed by atoms with E-state index in [1.807, 2.05) is 32.9 Å². The zero-order valence-electron chi connectivity index (χ0n) is 21.8. The number of benzene rings is 2. The van der Waals surface area contributed by atoms with Crippen LogP contribution in [-0.4, -0.2) is 65.7 Å². The number of rotatable bonds is 4. The summed E-state index contributed by atoms with van der Waals surface area (Å²) < 4.78 is 24.0. The van der Waals surface area contributed by atoms with Crippen LogP contribution in [0.3, 0.4) is 0 Å². The van der Waals surface area contributed by atoms with Gasteiger partial charge in [-0.15, -0.1) is 0 Å². The van der Waals surface area contributed by atoms with Crippen molar-refractivity contribution in [3.63, 3.8) is 0 Å². The first-order valence-electron chi connectivity index (χ1n) is 12.7. The van der Waals surface area contributed by atoms with Gasteiger partial charge in [0.05, 0.1) is 6.04 Å². The van der Waals surface area contributed by atoms with E-state index in [2.05, 4.69) is 5.32 Å². The largest absolute Gasteiger partial charge is 0.444 e. The van der Waals surface area contributed by atoms with Gasteiger partial charge in [-0.25, -0.2) is 14.0 Å². The van der Waals surface area contributed by atoms with Crippen LogP contribution in [-0.2, 0) is 9.53 Å². The van der Waals surface area contributed by atoms with Gasteiger partial charge in [0.2, 0.25) is 5.91 Å². The third kappa shape index (κ3) is 7.16. The minimum Gasteiger partial charge on any atom is -0.444 e. The van der Waals surface area contributed by atoms with Crippen LogP contribution in [0.25, 0.3) is 0 Å². The van der Waals surface area contributed by atoms with Gasteiger partial charge in [-0.05, 0) is 75.6 Å². The Hall–Kier alpha value is -3.33. The van der Waals surface area contributed by atoms with Crippen LogP contribution in [0.2, 0.25) is 5.02 Å². The predicted molar refractivity (Wildman–Crippen MR) is 141 cm³/mol. The number of nitrogens with one attached hydrogen (secondary N) is 1. The normalized spacial score (nSPS) is 20.2. The van der Waals surface area contributed by atoms with Crippen molar-refractivity contribution in [2.75, 3.05) is 26.2 Å². The van der Waals surface area contributed by atoms with Gasteiger partial charge >= 0.3 is 12.2 Å². The lowest BCUT2D eigenvalue weighted by atomic mass is 9.94. The quantitative estimate of drug-likeness (QED) is 0.570. The first kappa shape index (κ1) is 27.7. The van der Waals surface area contributed by atoms with Crippen molar-refractivity contribution >= 4 is 29.7 Å². The van der Waals surface area contributed by atoms with Crippen molar-refractivity contribution in [3.8, 4) is 5.75 Å². The van der Waals surface area contributed by atoms with E-state index in [9.17, 15) is 18.8 Å². The number of ether oxygens (including phenoxy) is 2. The maximum absolute atomic E-state index is 13.5. The van der Waals surface area contributed by atoms with Crippen LogP contribution in [0.4, 0.5) is 14.0 Å². The third-order valence-electron chi connectivity index (χ3n) is 6.75. The van der Waals surface area contributed by atoms with E-state index in [4.69, 9.17) is 21.1 Å². The van der Waals surface area contributed by atoms with Crippen molar-refractivity contribution in [3.05, 3.63) is 64.9 Å². The molecule has 2 atom stereocenters. The summed E-state index contributed by atoms with van der Waals surface area (Å²) in [5, 5.41) is 3.48. The number of hydrogen-bond donors (Lipinski definition) is 1. The zero-order chi connectivity index (χ0) is 27.4. The molecule has 2 aliphatic heterocycles. The highest BCUT2D eigenvalue weighted by Crippen LogP contribution is 2.31. The van der Waals surface area contributed by atoms with Gasteiger partial charge in [0.25, 0.3) is 0 Å². The number of carbonyl (C=O) groups excluding carboxylic acids is 3. The number of carbonyl (C=O) groups is 3. The summed E-state index contributed by atoms with van der Waals surface area (Å²) >= 11 is 6.07. The zero-order valence-corrected chi connectivity index (χ0v) is 22.5. The van der Waals surface area contributed by atoms with Crippen LogP contribution >= 0.6 is 11.6 Å². The molecule has 10 heteroatoms. The molecule has 8 nitrogen and oxygen atoms in total. The summed E-state index contributed by atoms with van der Waals surface area (Å²) in [6.45, 7) is 7.12. The molecular weight excluding hydrogens is 513 g/mol. The molecule has 0 saturated carbocycles. The SMILES string of the molecule is CC(C)(C)OC(=O)N1CCC(C(=O)N2C[C@H](NC(=O)Oc3ccc(F)cc3)[C@@H](c3ccc(Cl)cc3)C2)CC1. The number of nitrogens with zero attached hydrogens (tertiary/aromatic N) is 2. The Morgan fingerprint density at radius 2 is 1.58 bits per heavy atom. The molecule has 38 heavy (non-hydrogen) atoms. The fourth-order valence-corrected chi connectivity index (χ4v) is 4.99. The molecule has 2 aromatic rings. The summed E-state index contributed by atoms with van der Waals surface area (Å²) in [5.41, 5.74) is 0.368. The van der Waals surface area contributed by atoms with Crippen molar-refractivity contribution < 1.29 is 28.2 Å². The van der Waals surface area contributed by atoms with Crippen molar-refractivity contribution in [2.45, 2.75) is 51.2 Å². The third-order valence-corrected chi connectivity index (χ3v) is 7.01. The smallest absolute Gasteiger partial charge is 0.412 e. The highest BCUT2D eigenvalue weighted by Gasteiger charge is 2.40. The van der Waals surface area contributed by atoms with Crippen molar-refractivity contribution in [1.29, 1.82) is 0 Å². The lowest BCUT2D eigenvalue weighted by Gasteiger charge is -2.34. The average Bonchev–Trinajstić information content (AvgIpc) is 3.28. The van der Waals surface area contributed by atoms with E-state index in [1.165, 1.54) is 24.3 Å². The second-order valence-corrected chi connectivity index (χ2v) is 11.2. The minimum absolute atomic E-state index is 0.00371. The first-order valence-corrected chi connectivity index (χ1v) is 13.1. The van der Waals surface area contributed by atoms with Gasteiger partial charge in [0.15, 0.2) is 0 Å². The summed E-state index contributed by atoms with van der Waals surface area (Å²) in [6.07, 6.45) is 0.0485. The molecule has 0 aromatic heterocycles. The van der Waals surface area contributed by atoms with Gasteiger partial charge in [-0.1, -0.05) is 23.7 Å². The van der Waals surface area contributed by atoms with Crippen molar-refractivity contribution in [1.82, 2.24) is 15.1 Å². The topological polar surface area (TPSA) is 88.2 Å². The first-order chi connectivity index (χ1) is 18.0. The molecule has 2 fully saturated rings. The monoisotopic (exact) mass is 545 g/mol. The average molecular weight is 546 g/mol. The van der Waals surface area contributed by atoms with Crippen LogP contribution in [0.1, 0.15) is 45.1 Å². The van der Waals surface area contributed by atoms with E-state index >= 15 is 0 Å². The van der Waals surface area contributed by atoms with E-state index in [0.29, 0.717) is 44.0 Å². The molecule has 0 spiro atoms. The molecule has 2 heterocycles. The van der Waals surface area contributed by atoms with E-state index in [1.54, 1.807) is 21.9 Å². The molecule has 0 bridgehead atoms. The summed E-state index contributed by atoms with van der Waals surface area (Å²) in [5.74, 6) is -0.593. The molecule has 3 amide bonds. The molecule has 2 aromatic carbocycles. The van der Waals surface area contributed by atoms with Gasteiger partial charge in [-0.3, -0.25) is 4.79 Å². The lowest BCUT2D eigenvalue weighted by molar-refractivity contribution is -0.136. The fraction of sp³-hybridized carbons (Fsp3) is 0.464. The minimum atomic E-state index is -0.680. The van der Waals surface area contributed by atoms with Gasteiger partial charge in [0, 0.05) is 43.0 Å². The number of amides is 3. The Bertz CT molecular complexity index is 1140. The Balaban J connectivity index is 1.40. The maximum Gasteiger partial charge on any atom is 0.412 e. The number of likely N-dealkylation sites (tertiary alicyclic amines) is 2. The summed E-state index contributed by atoms with van der Waals surface area (Å²) in [7, 11) is 0. The Morgan fingerprint density at radius 1 is 0.947 bits per heavy atom. The molecule has 2 aliphatic rings. The molecule has 1 N–H and O–H groups in total. The highest BCUT2D eigenvalue weighted by atomic mass is 35.5. The van der Waals surface area contributed by atoms with Gasteiger partial charge < -0.3 is 24.6 Å². The van der Waals surface area contributed by atoms with Crippen LogP contribution in [0, 0.1) is 11.7 Å². The Morgan fingerprint density at radius 3 is 2.18 bits per heavy atom. The molecule has 0 unspecified atom stereocenters. The summed E-state index contributed by atoms with van der Waals surface area (Å²) in [6, 6.07) is 12.1. The van der Waals surface area contributed by atoms with Crippen LogP contribution in [0.15, 0.2) is 48.5 Å². The van der Waals surface area contributed by atoms with Crippen molar-refractivity contribution in [2.24, 2.45) is 5.92 Å². The van der Waals surface area contributed by atoms with E-state index in [0.717, 1.165) is 5.56 Å². The molecule has 4 rings (SSSR count). The highest BCUT2D eigenvalue weighted by molar-refractivity contribution is 6.30. The van der Waals surface area contributed by atoms with Gasteiger partial charge in [-0.2, -0.15) is 0 Å². The Labute approximate surface area is 227 Å². The number of halogens is 2.